The van der Waals surface area contributed by atoms with Crippen LogP contribution in [0.1, 0.15) is 16.7 Å². The van der Waals surface area contributed by atoms with Crippen molar-refractivity contribution in [2.75, 3.05) is 7.11 Å². The Morgan fingerprint density at radius 3 is 2.28 bits per heavy atom. The lowest BCUT2D eigenvalue weighted by molar-refractivity contribution is 0.281. The van der Waals surface area contributed by atoms with Crippen LogP contribution in [0.3, 0.4) is 0 Å². The van der Waals surface area contributed by atoms with Gasteiger partial charge in [-0.3, -0.25) is 0 Å². The van der Waals surface area contributed by atoms with E-state index in [1.54, 1.807) is 7.11 Å². The van der Waals surface area contributed by atoms with Crippen molar-refractivity contribution in [3.05, 3.63) is 63.6 Å². The average Bonchev–Trinajstić information content (AvgIpc) is 2.40. The maximum atomic E-state index is 9.11. The Bertz CT molecular complexity index is 521. The number of rotatable bonds is 4. The van der Waals surface area contributed by atoms with Crippen molar-refractivity contribution in [2.24, 2.45) is 0 Å². The Kier molecular flexibility index (Phi) is 4.39. The molecule has 0 spiro atoms. The van der Waals surface area contributed by atoms with E-state index in [1.165, 1.54) is 11.1 Å². The quantitative estimate of drug-likeness (QED) is 0.936. The van der Waals surface area contributed by atoms with Gasteiger partial charge in [-0.2, -0.15) is 0 Å². The fourth-order valence-corrected chi connectivity index (χ4v) is 2.36. The van der Waals surface area contributed by atoms with E-state index in [0.717, 1.165) is 22.2 Å². The lowest BCUT2D eigenvalue weighted by Gasteiger charge is -2.06. The second-order valence-electron chi connectivity index (χ2n) is 4.11. The summed E-state index contributed by atoms with van der Waals surface area (Å²) < 4.78 is 6.09. The van der Waals surface area contributed by atoms with Crippen LogP contribution in [0.25, 0.3) is 0 Å². The zero-order valence-electron chi connectivity index (χ0n) is 10.2. The maximum Gasteiger partial charge on any atom is 0.118 e. The second-order valence-corrected chi connectivity index (χ2v) is 4.96. The molecule has 0 amide bonds. The van der Waals surface area contributed by atoms with E-state index in [4.69, 9.17) is 9.84 Å². The minimum absolute atomic E-state index is 0.0589. The number of aliphatic hydroxyl groups excluding tert-OH is 1. The Morgan fingerprint density at radius 2 is 1.72 bits per heavy atom. The molecule has 0 saturated heterocycles. The maximum absolute atomic E-state index is 9.11. The van der Waals surface area contributed by atoms with Gasteiger partial charge in [0.25, 0.3) is 0 Å². The predicted molar refractivity (Wildman–Crippen MR) is 75.9 cm³/mol. The monoisotopic (exact) mass is 306 g/mol. The summed E-state index contributed by atoms with van der Waals surface area (Å²) in [4.78, 5) is 0. The van der Waals surface area contributed by atoms with Crippen LogP contribution in [0, 0.1) is 0 Å². The first kappa shape index (κ1) is 13.1. The van der Waals surface area contributed by atoms with Gasteiger partial charge in [-0.25, -0.2) is 0 Å². The summed E-state index contributed by atoms with van der Waals surface area (Å²) >= 11 is 3.46. The zero-order valence-corrected chi connectivity index (χ0v) is 11.8. The van der Waals surface area contributed by atoms with Crippen molar-refractivity contribution in [3.63, 3.8) is 0 Å². The highest BCUT2D eigenvalue weighted by Gasteiger charge is 2.02. The molecule has 1 N–H and O–H groups in total. The van der Waals surface area contributed by atoms with E-state index in [0.29, 0.717) is 0 Å². The first-order valence-electron chi connectivity index (χ1n) is 5.74. The van der Waals surface area contributed by atoms with Gasteiger partial charge in [0.1, 0.15) is 5.75 Å². The second kappa shape index (κ2) is 6.03. The van der Waals surface area contributed by atoms with E-state index in [2.05, 4.69) is 34.1 Å². The van der Waals surface area contributed by atoms with Gasteiger partial charge in [-0.15, -0.1) is 0 Å². The molecule has 0 aromatic heterocycles. The molecular formula is C15H15BrO2. The highest BCUT2D eigenvalue weighted by Crippen LogP contribution is 2.21. The summed E-state index contributed by atoms with van der Waals surface area (Å²) in [5.41, 5.74) is 3.36. The van der Waals surface area contributed by atoms with Crippen molar-refractivity contribution in [1.82, 2.24) is 0 Å². The molecule has 94 valence electrons. The summed E-state index contributed by atoms with van der Waals surface area (Å²) in [5.74, 6) is 0.871. The molecule has 0 heterocycles. The number of ether oxygens (including phenoxy) is 1. The highest BCUT2D eigenvalue weighted by atomic mass is 79.9. The van der Waals surface area contributed by atoms with Crippen LogP contribution < -0.4 is 4.74 Å². The lowest BCUT2D eigenvalue weighted by Crippen LogP contribution is -1.92. The van der Waals surface area contributed by atoms with E-state index in [1.807, 2.05) is 24.3 Å². The summed E-state index contributed by atoms with van der Waals surface area (Å²) in [5, 5.41) is 9.11. The molecule has 0 fully saturated rings. The van der Waals surface area contributed by atoms with Gasteiger partial charge in [0.15, 0.2) is 0 Å². The predicted octanol–water partition coefficient (Wildman–Crippen LogP) is 3.54. The van der Waals surface area contributed by atoms with Gasteiger partial charge in [0, 0.05) is 4.47 Å². The molecule has 0 unspecified atom stereocenters. The Labute approximate surface area is 115 Å². The number of halogens is 1. The molecule has 0 radical (unpaired) electrons. The lowest BCUT2D eigenvalue weighted by atomic mass is 10.0. The van der Waals surface area contributed by atoms with Crippen molar-refractivity contribution < 1.29 is 9.84 Å². The van der Waals surface area contributed by atoms with Crippen molar-refractivity contribution in [2.45, 2.75) is 13.0 Å². The molecule has 2 aromatic carbocycles. The third-order valence-electron chi connectivity index (χ3n) is 2.86. The summed E-state index contributed by atoms with van der Waals surface area (Å²) in [6, 6.07) is 14.1. The third kappa shape index (κ3) is 3.12. The van der Waals surface area contributed by atoms with Crippen LogP contribution in [-0.2, 0) is 13.0 Å². The number of aliphatic hydroxyl groups is 1. The molecule has 0 aliphatic carbocycles. The van der Waals surface area contributed by atoms with Crippen LogP contribution in [0.2, 0.25) is 0 Å². The number of benzene rings is 2. The van der Waals surface area contributed by atoms with Crippen LogP contribution in [-0.4, -0.2) is 12.2 Å². The van der Waals surface area contributed by atoms with Crippen molar-refractivity contribution in [3.8, 4) is 5.75 Å². The van der Waals surface area contributed by atoms with Crippen LogP contribution >= 0.6 is 15.9 Å². The number of methoxy groups -OCH3 is 1. The van der Waals surface area contributed by atoms with Gasteiger partial charge < -0.3 is 9.84 Å². The topological polar surface area (TPSA) is 29.5 Å². The van der Waals surface area contributed by atoms with Crippen LogP contribution in [0.5, 0.6) is 5.75 Å². The molecule has 0 saturated carbocycles. The minimum atomic E-state index is 0.0589. The van der Waals surface area contributed by atoms with Crippen molar-refractivity contribution in [1.29, 1.82) is 0 Å². The highest BCUT2D eigenvalue weighted by molar-refractivity contribution is 9.10. The fraction of sp³-hybridized carbons (Fsp3) is 0.200. The Balaban J connectivity index is 2.15. The SMILES string of the molecule is COc1ccc(Cc2ccc(CO)c(Br)c2)cc1. The van der Waals surface area contributed by atoms with E-state index >= 15 is 0 Å². The number of hydrogen-bond acceptors (Lipinski definition) is 2. The normalized spacial score (nSPS) is 10.4. The van der Waals surface area contributed by atoms with Crippen molar-refractivity contribution >= 4 is 15.9 Å². The molecule has 0 aliphatic heterocycles. The van der Waals surface area contributed by atoms with E-state index in [9.17, 15) is 0 Å². The summed E-state index contributed by atoms with van der Waals surface area (Å²) in [7, 11) is 1.67. The Morgan fingerprint density at radius 1 is 1.06 bits per heavy atom. The minimum Gasteiger partial charge on any atom is -0.497 e. The van der Waals surface area contributed by atoms with Gasteiger partial charge in [-0.1, -0.05) is 40.2 Å². The molecular weight excluding hydrogens is 292 g/mol. The van der Waals surface area contributed by atoms with Crippen LogP contribution in [0.4, 0.5) is 0 Å². The van der Waals surface area contributed by atoms with Gasteiger partial charge in [0.05, 0.1) is 13.7 Å². The summed E-state index contributed by atoms with van der Waals surface area (Å²) in [6.07, 6.45) is 0.869. The molecule has 3 heteroatoms. The third-order valence-corrected chi connectivity index (χ3v) is 3.59. The molecule has 0 bridgehead atoms. The fourth-order valence-electron chi connectivity index (χ4n) is 1.81. The van der Waals surface area contributed by atoms with Gasteiger partial charge in [-0.05, 0) is 41.3 Å². The van der Waals surface area contributed by atoms with Crippen LogP contribution in [0.15, 0.2) is 46.9 Å². The largest absolute Gasteiger partial charge is 0.497 e. The number of hydrogen-bond donors (Lipinski definition) is 1. The molecule has 0 atom stereocenters. The van der Waals surface area contributed by atoms with Gasteiger partial charge >= 0.3 is 0 Å². The van der Waals surface area contributed by atoms with Gasteiger partial charge in [0.2, 0.25) is 0 Å². The molecule has 2 nitrogen and oxygen atoms in total. The average molecular weight is 307 g/mol. The zero-order chi connectivity index (χ0) is 13.0. The first-order chi connectivity index (χ1) is 8.72. The molecule has 2 aromatic rings. The van der Waals surface area contributed by atoms with E-state index in [-0.39, 0.29) is 6.61 Å². The molecule has 18 heavy (non-hydrogen) atoms. The standard InChI is InChI=1S/C15H15BrO2/c1-18-14-6-3-11(4-7-14)8-12-2-5-13(10-17)15(16)9-12/h2-7,9,17H,8,10H2,1H3. The molecule has 2 rings (SSSR count). The van der Waals surface area contributed by atoms with E-state index < -0.39 is 0 Å². The smallest absolute Gasteiger partial charge is 0.118 e. The first-order valence-corrected chi connectivity index (χ1v) is 6.53. The Hall–Kier alpha value is -1.32. The summed E-state index contributed by atoms with van der Waals surface area (Å²) in [6.45, 7) is 0.0589. The molecule has 0 aliphatic rings.